The monoisotopic (exact) mass is 331 g/mol. The third kappa shape index (κ3) is 4.09. The molecule has 1 aromatic heterocycles. The SMILES string of the molecule is Cc1ccc(NC(=O)c2cccnc2)cc1NC(=O)c1ccccc1. The normalized spacial score (nSPS) is 10.1. The first-order valence-corrected chi connectivity index (χ1v) is 7.82. The van der Waals surface area contributed by atoms with Gasteiger partial charge in [0, 0.05) is 29.3 Å². The van der Waals surface area contributed by atoms with Crippen molar-refractivity contribution in [1.29, 1.82) is 0 Å². The average Bonchev–Trinajstić information content (AvgIpc) is 2.66. The van der Waals surface area contributed by atoms with Crippen molar-refractivity contribution < 1.29 is 9.59 Å². The lowest BCUT2D eigenvalue weighted by atomic mass is 10.1. The molecule has 2 amide bonds. The molecule has 2 aromatic carbocycles. The lowest BCUT2D eigenvalue weighted by molar-refractivity contribution is 0.101. The van der Waals surface area contributed by atoms with Gasteiger partial charge in [-0.3, -0.25) is 14.6 Å². The van der Waals surface area contributed by atoms with Crippen molar-refractivity contribution in [1.82, 2.24) is 4.98 Å². The van der Waals surface area contributed by atoms with Crippen LogP contribution in [0.15, 0.2) is 73.1 Å². The number of aromatic nitrogens is 1. The van der Waals surface area contributed by atoms with Crippen LogP contribution in [-0.4, -0.2) is 16.8 Å². The molecule has 25 heavy (non-hydrogen) atoms. The second kappa shape index (κ2) is 7.40. The van der Waals surface area contributed by atoms with Crippen molar-refractivity contribution >= 4 is 23.2 Å². The molecule has 3 aromatic rings. The zero-order valence-electron chi connectivity index (χ0n) is 13.7. The summed E-state index contributed by atoms with van der Waals surface area (Å²) in [6.07, 6.45) is 3.11. The average molecular weight is 331 g/mol. The first-order valence-electron chi connectivity index (χ1n) is 7.82. The molecule has 0 aliphatic heterocycles. The Kier molecular flexibility index (Phi) is 4.85. The van der Waals surface area contributed by atoms with Crippen molar-refractivity contribution in [2.24, 2.45) is 0 Å². The number of amides is 2. The molecule has 0 aliphatic carbocycles. The van der Waals surface area contributed by atoms with Crippen molar-refractivity contribution in [2.45, 2.75) is 6.92 Å². The van der Waals surface area contributed by atoms with Crippen molar-refractivity contribution in [2.75, 3.05) is 10.6 Å². The van der Waals surface area contributed by atoms with Crippen LogP contribution in [0.5, 0.6) is 0 Å². The van der Waals surface area contributed by atoms with Crippen LogP contribution in [0.2, 0.25) is 0 Å². The third-order valence-electron chi connectivity index (χ3n) is 3.70. The topological polar surface area (TPSA) is 71.1 Å². The predicted molar refractivity (Wildman–Crippen MR) is 97.8 cm³/mol. The molecule has 1 heterocycles. The smallest absolute Gasteiger partial charge is 0.257 e. The van der Waals surface area contributed by atoms with Gasteiger partial charge in [0.1, 0.15) is 0 Å². The number of nitrogens with one attached hydrogen (secondary N) is 2. The maximum absolute atomic E-state index is 12.3. The first-order chi connectivity index (χ1) is 12.1. The Morgan fingerprint density at radius 2 is 1.56 bits per heavy atom. The van der Waals surface area contributed by atoms with Gasteiger partial charge in [-0.1, -0.05) is 24.3 Å². The Morgan fingerprint density at radius 1 is 0.840 bits per heavy atom. The van der Waals surface area contributed by atoms with Crippen LogP contribution in [0.1, 0.15) is 26.3 Å². The summed E-state index contributed by atoms with van der Waals surface area (Å²) >= 11 is 0. The number of benzene rings is 2. The summed E-state index contributed by atoms with van der Waals surface area (Å²) in [5.41, 5.74) is 3.20. The lowest BCUT2D eigenvalue weighted by Gasteiger charge is -2.12. The quantitative estimate of drug-likeness (QED) is 0.762. The van der Waals surface area contributed by atoms with Gasteiger partial charge in [-0.05, 0) is 48.9 Å². The summed E-state index contributed by atoms with van der Waals surface area (Å²) in [5.74, 6) is -0.447. The van der Waals surface area contributed by atoms with E-state index in [2.05, 4.69) is 15.6 Å². The highest BCUT2D eigenvalue weighted by molar-refractivity contribution is 6.06. The Labute approximate surface area is 145 Å². The van der Waals surface area contributed by atoms with Crippen molar-refractivity contribution in [3.63, 3.8) is 0 Å². The van der Waals surface area contributed by atoms with Crippen LogP contribution < -0.4 is 10.6 Å². The van der Waals surface area contributed by atoms with Crippen LogP contribution in [0.25, 0.3) is 0 Å². The molecule has 0 atom stereocenters. The highest BCUT2D eigenvalue weighted by Crippen LogP contribution is 2.21. The van der Waals surface area contributed by atoms with Crippen molar-refractivity contribution in [3.05, 3.63) is 89.7 Å². The van der Waals surface area contributed by atoms with Crippen LogP contribution in [0, 0.1) is 6.92 Å². The standard InChI is InChI=1S/C20H17N3O2/c1-14-9-10-17(22-20(25)16-8-5-11-21-13-16)12-18(14)23-19(24)15-6-3-2-4-7-15/h2-13H,1H3,(H,22,25)(H,23,24). The molecular formula is C20H17N3O2. The van der Waals surface area contributed by atoms with Gasteiger partial charge >= 0.3 is 0 Å². The van der Waals surface area contributed by atoms with E-state index in [4.69, 9.17) is 0 Å². The van der Waals surface area contributed by atoms with Crippen molar-refractivity contribution in [3.8, 4) is 0 Å². The minimum Gasteiger partial charge on any atom is -0.322 e. The van der Waals surface area contributed by atoms with E-state index >= 15 is 0 Å². The maximum Gasteiger partial charge on any atom is 0.257 e. The molecule has 0 aliphatic rings. The molecule has 0 saturated heterocycles. The predicted octanol–water partition coefficient (Wildman–Crippen LogP) is 3.89. The molecule has 0 radical (unpaired) electrons. The molecule has 0 fully saturated rings. The van der Waals surface area contributed by atoms with Crippen LogP contribution in [0.4, 0.5) is 11.4 Å². The Balaban J connectivity index is 1.76. The molecule has 0 bridgehead atoms. The summed E-state index contributed by atoms with van der Waals surface area (Å²) in [5, 5.41) is 5.69. The van der Waals surface area contributed by atoms with E-state index in [1.165, 1.54) is 6.20 Å². The number of rotatable bonds is 4. The number of carbonyl (C=O) groups excluding carboxylic acids is 2. The first kappa shape index (κ1) is 16.4. The van der Waals surface area contributed by atoms with Crippen LogP contribution >= 0.6 is 0 Å². The van der Waals surface area contributed by atoms with Crippen LogP contribution in [0.3, 0.4) is 0 Å². The fraction of sp³-hybridized carbons (Fsp3) is 0.0500. The Bertz CT molecular complexity index is 893. The van der Waals surface area contributed by atoms with E-state index in [0.29, 0.717) is 22.5 Å². The van der Waals surface area contributed by atoms with E-state index in [1.807, 2.05) is 31.2 Å². The van der Waals surface area contributed by atoms with Crippen LogP contribution in [-0.2, 0) is 0 Å². The Morgan fingerprint density at radius 3 is 2.28 bits per heavy atom. The Hall–Kier alpha value is -3.47. The molecule has 0 saturated carbocycles. The fourth-order valence-electron chi connectivity index (χ4n) is 2.32. The van der Waals surface area contributed by atoms with E-state index in [0.717, 1.165) is 5.56 Å². The maximum atomic E-state index is 12.3. The molecule has 2 N–H and O–H groups in total. The fourth-order valence-corrected chi connectivity index (χ4v) is 2.32. The number of pyridine rings is 1. The molecular weight excluding hydrogens is 314 g/mol. The van der Waals surface area contributed by atoms with Gasteiger partial charge in [0.25, 0.3) is 11.8 Å². The lowest BCUT2D eigenvalue weighted by Crippen LogP contribution is -2.14. The number of nitrogens with zero attached hydrogens (tertiary/aromatic N) is 1. The second-order valence-corrected chi connectivity index (χ2v) is 5.55. The molecule has 5 nitrogen and oxygen atoms in total. The van der Waals surface area contributed by atoms with Gasteiger partial charge in [0.15, 0.2) is 0 Å². The molecule has 0 unspecified atom stereocenters. The van der Waals surface area contributed by atoms with Gasteiger partial charge in [0.05, 0.1) is 5.56 Å². The van der Waals surface area contributed by atoms with Gasteiger partial charge in [0.2, 0.25) is 0 Å². The van der Waals surface area contributed by atoms with E-state index in [1.54, 1.807) is 42.6 Å². The minimum atomic E-state index is -0.253. The zero-order valence-corrected chi connectivity index (χ0v) is 13.7. The zero-order chi connectivity index (χ0) is 17.6. The molecule has 124 valence electrons. The highest BCUT2D eigenvalue weighted by atomic mass is 16.2. The van der Waals surface area contributed by atoms with Gasteiger partial charge in [-0.15, -0.1) is 0 Å². The summed E-state index contributed by atoms with van der Waals surface area (Å²) in [6.45, 7) is 1.90. The summed E-state index contributed by atoms with van der Waals surface area (Å²) in [6, 6.07) is 17.8. The molecule has 5 heteroatoms. The van der Waals surface area contributed by atoms with Gasteiger partial charge in [-0.25, -0.2) is 0 Å². The second-order valence-electron chi connectivity index (χ2n) is 5.55. The highest BCUT2D eigenvalue weighted by Gasteiger charge is 2.10. The number of aryl methyl sites for hydroxylation is 1. The van der Waals surface area contributed by atoms with E-state index in [-0.39, 0.29) is 11.8 Å². The number of hydrogen-bond donors (Lipinski definition) is 2. The minimum absolute atomic E-state index is 0.195. The summed E-state index contributed by atoms with van der Waals surface area (Å²) in [7, 11) is 0. The molecule has 0 spiro atoms. The largest absolute Gasteiger partial charge is 0.322 e. The summed E-state index contributed by atoms with van der Waals surface area (Å²) in [4.78, 5) is 28.5. The van der Waals surface area contributed by atoms with E-state index in [9.17, 15) is 9.59 Å². The third-order valence-corrected chi connectivity index (χ3v) is 3.70. The van der Waals surface area contributed by atoms with Gasteiger partial charge in [-0.2, -0.15) is 0 Å². The number of anilines is 2. The molecule has 3 rings (SSSR count). The number of hydrogen-bond acceptors (Lipinski definition) is 3. The van der Waals surface area contributed by atoms with Gasteiger partial charge < -0.3 is 10.6 Å². The number of carbonyl (C=O) groups is 2. The van der Waals surface area contributed by atoms with E-state index < -0.39 is 0 Å². The summed E-state index contributed by atoms with van der Waals surface area (Å²) < 4.78 is 0.